The first-order chi connectivity index (χ1) is 13.2. The Labute approximate surface area is 162 Å². The minimum Gasteiger partial charge on any atom is -0.442 e. The predicted molar refractivity (Wildman–Crippen MR) is 101 cm³/mol. The number of aryl methyl sites for hydroxylation is 2. The van der Waals surface area contributed by atoms with Crippen molar-refractivity contribution in [2.75, 3.05) is 0 Å². The largest absolute Gasteiger partial charge is 0.442 e. The SMILES string of the molecule is CC(=O)Oc1ccc(C2(c3ccc(C)c(C)c3)C=CC(=O)O2)c(OC(C)=O)c1. The molecule has 1 aliphatic heterocycles. The van der Waals surface area contributed by atoms with E-state index in [9.17, 15) is 14.4 Å². The minimum absolute atomic E-state index is 0.142. The molecule has 0 saturated heterocycles. The number of benzene rings is 2. The zero-order chi connectivity index (χ0) is 20.5. The molecule has 0 N–H and O–H groups in total. The van der Waals surface area contributed by atoms with Crippen LogP contribution in [0.4, 0.5) is 0 Å². The van der Waals surface area contributed by atoms with Crippen LogP contribution in [0, 0.1) is 13.8 Å². The molecule has 0 radical (unpaired) electrons. The molecule has 1 heterocycles. The van der Waals surface area contributed by atoms with Gasteiger partial charge in [0.05, 0.1) is 0 Å². The van der Waals surface area contributed by atoms with Crippen LogP contribution in [-0.4, -0.2) is 17.9 Å². The van der Waals surface area contributed by atoms with Crippen LogP contribution in [0.25, 0.3) is 0 Å². The number of hydrogen-bond acceptors (Lipinski definition) is 6. The molecule has 0 amide bonds. The molecule has 0 fully saturated rings. The van der Waals surface area contributed by atoms with Crippen molar-refractivity contribution in [3.05, 3.63) is 70.8 Å². The molecule has 0 bridgehead atoms. The summed E-state index contributed by atoms with van der Waals surface area (Å²) < 4.78 is 16.2. The predicted octanol–water partition coefficient (Wildman–Crippen LogP) is 3.51. The molecule has 144 valence electrons. The van der Waals surface area contributed by atoms with Crippen LogP contribution in [0.1, 0.15) is 36.1 Å². The van der Waals surface area contributed by atoms with Crippen molar-refractivity contribution in [1.82, 2.24) is 0 Å². The molecule has 1 unspecified atom stereocenters. The number of carbonyl (C=O) groups is 3. The number of hydrogen-bond donors (Lipinski definition) is 0. The second-order valence-corrected chi connectivity index (χ2v) is 6.63. The van der Waals surface area contributed by atoms with Gasteiger partial charge in [0, 0.05) is 37.1 Å². The third-order valence-electron chi connectivity index (χ3n) is 4.52. The first-order valence-electron chi connectivity index (χ1n) is 8.72. The van der Waals surface area contributed by atoms with E-state index in [1.165, 1.54) is 26.0 Å². The minimum atomic E-state index is -1.25. The first kappa shape index (κ1) is 19.4. The zero-order valence-corrected chi connectivity index (χ0v) is 16.1. The average Bonchev–Trinajstić information content (AvgIpc) is 2.99. The van der Waals surface area contributed by atoms with E-state index in [1.807, 2.05) is 32.0 Å². The van der Waals surface area contributed by atoms with E-state index in [1.54, 1.807) is 18.2 Å². The van der Waals surface area contributed by atoms with Crippen LogP contribution in [-0.2, 0) is 24.7 Å². The normalized spacial score (nSPS) is 17.9. The smallest absolute Gasteiger partial charge is 0.332 e. The van der Waals surface area contributed by atoms with Crippen molar-refractivity contribution in [3.63, 3.8) is 0 Å². The molecule has 6 heteroatoms. The second kappa shape index (κ2) is 7.31. The molecule has 28 heavy (non-hydrogen) atoms. The quantitative estimate of drug-likeness (QED) is 0.597. The third kappa shape index (κ3) is 3.67. The van der Waals surface area contributed by atoms with Crippen LogP contribution in [0.5, 0.6) is 11.5 Å². The Balaban J connectivity index is 2.21. The fourth-order valence-corrected chi connectivity index (χ4v) is 3.12. The van der Waals surface area contributed by atoms with Crippen molar-refractivity contribution in [2.24, 2.45) is 0 Å². The van der Waals surface area contributed by atoms with Gasteiger partial charge in [-0.2, -0.15) is 0 Å². The maximum absolute atomic E-state index is 12.0. The van der Waals surface area contributed by atoms with Gasteiger partial charge in [-0.15, -0.1) is 0 Å². The molecule has 6 nitrogen and oxygen atoms in total. The van der Waals surface area contributed by atoms with Crippen molar-refractivity contribution in [3.8, 4) is 11.5 Å². The van der Waals surface area contributed by atoms with Crippen LogP contribution in [0.2, 0.25) is 0 Å². The molecule has 0 saturated carbocycles. The lowest BCUT2D eigenvalue weighted by Gasteiger charge is -2.30. The molecular weight excluding hydrogens is 360 g/mol. The Morgan fingerprint density at radius 1 is 0.929 bits per heavy atom. The van der Waals surface area contributed by atoms with Crippen LogP contribution in [0.15, 0.2) is 48.6 Å². The molecule has 2 aromatic rings. The molecule has 2 aromatic carbocycles. The van der Waals surface area contributed by atoms with Gasteiger partial charge in [-0.05, 0) is 43.2 Å². The van der Waals surface area contributed by atoms with E-state index in [2.05, 4.69) is 0 Å². The van der Waals surface area contributed by atoms with Crippen molar-refractivity contribution < 1.29 is 28.6 Å². The van der Waals surface area contributed by atoms with Gasteiger partial charge >= 0.3 is 17.9 Å². The Bertz CT molecular complexity index is 1000. The van der Waals surface area contributed by atoms with Crippen LogP contribution < -0.4 is 9.47 Å². The summed E-state index contributed by atoms with van der Waals surface area (Å²) in [6, 6.07) is 10.3. The summed E-state index contributed by atoms with van der Waals surface area (Å²) in [4.78, 5) is 35.0. The topological polar surface area (TPSA) is 78.9 Å². The number of cyclic esters (lactones) is 1. The molecule has 1 aliphatic rings. The number of ether oxygens (including phenoxy) is 3. The Kier molecular flexibility index (Phi) is 5.05. The van der Waals surface area contributed by atoms with E-state index in [4.69, 9.17) is 14.2 Å². The molecule has 0 aromatic heterocycles. The van der Waals surface area contributed by atoms with Gasteiger partial charge in [0.2, 0.25) is 0 Å². The van der Waals surface area contributed by atoms with E-state index >= 15 is 0 Å². The lowest BCUT2D eigenvalue weighted by Crippen LogP contribution is -2.28. The number of rotatable bonds is 4. The summed E-state index contributed by atoms with van der Waals surface area (Å²) in [6.07, 6.45) is 2.97. The highest BCUT2D eigenvalue weighted by molar-refractivity contribution is 5.87. The summed E-state index contributed by atoms with van der Waals surface area (Å²) >= 11 is 0. The van der Waals surface area contributed by atoms with Gasteiger partial charge in [0.15, 0.2) is 5.60 Å². The van der Waals surface area contributed by atoms with Crippen molar-refractivity contribution in [1.29, 1.82) is 0 Å². The highest BCUT2D eigenvalue weighted by Crippen LogP contribution is 2.44. The molecule has 0 aliphatic carbocycles. The second-order valence-electron chi connectivity index (χ2n) is 6.63. The van der Waals surface area contributed by atoms with Gasteiger partial charge in [-0.3, -0.25) is 9.59 Å². The molecule has 3 rings (SSSR count). The van der Waals surface area contributed by atoms with Gasteiger partial charge in [-0.25, -0.2) is 4.79 Å². The fourth-order valence-electron chi connectivity index (χ4n) is 3.12. The van der Waals surface area contributed by atoms with E-state index in [-0.39, 0.29) is 11.5 Å². The van der Waals surface area contributed by atoms with E-state index < -0.39 is 23.5 Å². The number of esters is 3. The highest BCUT2D eigenvalue weighted by atomic mass is 16.6. The van der Waals surface area contributed by atoms with Gasteiger partial charge < -0.3 is 14.2 Å². The Morgan fingerprint density at radius 3 is 2.21 bits per heavy atom. The summed E-state index contributed by atoms with van der Waals surface area (Å²) in [5, 5.41) is 0. The highest BCUT2D eigenvalue weighted by Gasteiger charge is 2.42. The van der Waals surface area contributed by atoms with E-state index in [0.717, 1.165) is 11.1 Å². The van der Waals surface area contributed by atoms with Crippen molar-refractivity contribution in [2.45, 2.75) is 33.3 Å². The number of carbonyl (C=O) groups excluding carboxylic acids is 3. The zero-order valence-electron chi connectivity index (χ0n) is 16.1. The fraction of sp³-hybridized carbons (Fsp3) is 0.227. The molecule has 0 spiro atoms. The summed E-state index contributed by atoms with van der Waals surface area (Å²) in [5.74, 6) is -1.20. The standard InChI is InChI=1S/C22H20O6/c1-13-5-6-17(11-14(13)2)22(10-9-21(25)28-22)19-8-7-18(26-15(3)23)12-20(19)27-16(4)24/h5-12H,1-4H3. The third-order valence-corrected chi connectivity index (χ3v) is 4.52. The molecular formula is C22H20O6. The summed E-state index contributed by atoms with van der Waals surface area (Å²) in [5.41, 5.74) is 2.03. The Hall–Kier alpha value is -3.41. The molecule has 1 atom stereocenters. The van der Waals surface area contributed by atoms with E-state index in [0.29, 0.717) is 11.1 Å². The van der Waals surface area contributed by atoms with Crippen molar-refractivity contribution >= 4 is 17.9 Å². The maximum atomic E-state index is 12.0. The van der Waals surface area contributed by atoms with Crippen LogP contribution in [0.3, 0.4) is 0 Å². The Morgan fingerprint density at radius 2 is 1.64 bits per heavy atom. The van der Waals surface area contributed by atoms with Crippen LogP contribution >= 0.6 is 0 Å². The average molecular weight is 380 g/mol. The summed E-state index contributed by atoms with van der Waals surface area (Å²) in [7, 11) is 0. The maximum Gasteiger partial charge on any atom is 0.332 e. The monoisotopic (exact) mass is 380 g/mol. The van der Waals surface area contributed by atoms with Gasteiger partial charge in [-0.1, -0.05) is 18.2 Å². The van der Waals surface area contributed by atoms with Gasteiger partial charge in [0.25, 0.3) is 0 Å². The van der Waals surface area contributed by atoms with Gasteiger partial charge in [0.1, 0.15) is 11.5 Å². The lowest BCUT2D eigenvalue weighted by molar-refractivity contribution is -0.143. The summed E-state index contributed by atoms with van der Waals surface area (Å²) in [6.45, 7) is 6.49. The lowest BCUT2D eigenvalue weighted by atomic mass is 9.84. The first-order valence-corrected chi connectivity index (χ1v) is 8.72.